The summed E-state index contributed by atoms with van der Waals surface area (Å²) in [5.74, 6) is -1.53. The fraction of sp³-hybridized carbons (Fsp3) is 0.619. The molecule has 10 nitrogen and oxygen atoms in total. The number of hydrogen-bond acceptors (Lipinski definition) is 7. The average molecular weight is 469 g/mol. The highest BCUT2D eigenvalue weighted by Gasteiger charge is 2.39. The lowest BCUT2D eigenvalue weighted by Crippen LogP contribution is -2.63. The number of hydrogen-bond donors (Lipinski definition) is 2. The summed E-state index contributed by atoms with van der Waals surface area (Å²) in [7, 11) is -3.80. The van der Waals surface area contributed by atoms with Gasteiger partial charge in [0.05, 0.1) is 25.3 Å². The Hall–Kier alpha value is -2.53. The van der Waals surface area contributed by atoms with Crippen molar-refractivity contribution in [3.63, 3.8) is 0 Å². The Morgan fingerprint density at radius 3 is 2.56 bits per heavy atom. The number of piperidine rings is 1. The number of carbonyl (C=O) groups excluding carboxylic acids is 3. The van der Waals surface area contributed by atoms with Crippen molar-refractivity contribution < 1.29 is 27.5 Å². The molecule has 178 valence electrons. The van der Waals surface area contributed by atoms with Crippen molar-refractivity contribution in [1.29, 1.82) is 0 Å². The molecular weight excluding hydrogens is 436 g/mol. The van der Waals surface area contributed by atoms with Crippen molar-refractivity contribution in [3.05, 3.63) is 30.1 Å². The van der Waals surface area contributed by atoms with Gasteiger partial charge < -0.3 is 15.0 Å². The topological polar surface area (TPSA) is 135 Å². The number of carbonyl (C=O) groups is 3. The van der Waals surface area contributed by atoms with Gasteiger partial charge in [-0.3, -0.25) is 19.4 Å². The van der Waals surface area contributed by atoms with Crippen molar-refractivity contribution in [3.8, 4) is 0 Å². The van der Waals surface area contributed by atoms with Crippen molar-refractivity contribution in [2.45, 2.75) is 58.0 Å². The molecule has 1 fully saturated rings. The monoisotopic (exact) mass is 468 g/mol. The van der Waals surface area contributed by atoms with Gasteiger partial charge in [-0.25, -0.2) is 8.42 Å². The molecule has 0 spiro atoms. The van der Waals surface area contributed by atoms with Crippen LogP contribution in [-0.4, -0.2) is 67.2 Å². The molecule has 11 heteroatoms. The molecule has 0 radical (unpaired) electrons. The maximum Gasteiger partial charge on any atom is 0.309 e. The second-order valence-electron chi connectivity index (χ2n) is 7.75. The Bertz CT molecular complexity index is 893. The van der Waals surface area contributed by atoms with Crippen molar-refractivity contribution in [2.24, 2.45) is 0 Å². The smallest absolute Gasteiger partial charge is 0.309 e. The second-order valence-corrected chi connectivity index (χ2v) is 9.76. The number of rotatable bonds is 12. The molecule has 1 aromatic heterocycles. The highest BCUT2D eigenvalue weighted by Crippen LogP contribution is 2.19. The van der Waals surface area contributed by atoms with Crippen LogP contribution in [0.15, 0.2) is 24.5 Å². The minimum atomic E-state index is -3.80. The van der Waals surface area contributed by atoms with Gasteiger partial charge in [-0.2, -0.15) is 4.72 Å². The Balaban J connectivity index is 2.29. The molecule has 2 amide bonds. The lowest BCUT2D eigenvalue weighted by molar-refractivity contribution is -0.146. The number of nitrogens with zero attached hydrogens (tertiary/aromatic N) is 2. The normalized spacial score (nSPS) is 16.3. The quantitative estimate of drug-likeness (QED) is 0.341. The first kappa shape index (κ1) is 25.7. The summed E-state index contributed by atoms with van der Waals surface area (Å²) in [6.45, 7) is 3.50. The van der Waals surface area contributed by atoms with E-state index in [0.29, 0.717) is 19.4 Å². The lowest BCUT2D eigenvalue weighted by atomic mass is 9.97. The van der Waals surface area contributed by atoms with Crippen molar-refractivity contribution in [1.82, 2.24) is 19.9 Å². The van der Waals surface area contributed by atoms with E-state index in [9.17, 15) is 22.8 Å². The van der Waals surface area contributed by atoms with Gasteiger partial charge in [-0.05, 0) is 57.2 Å². The van der Waals surface area contributed by atoms with E-state index in [1.54, 1.807) is 31.5 Å². The minimum absolute atomic E-state index is 0.106. The van der Waals surface area contributed by atoms with Gasteiger partial charge in [-0.1, -0.05) is 0 Å². The molecule has 2 heterocycles. The molecule has 32 heavy (non-hydrogen) atoms. The number of aromatic nitrogens is 1. The molecule has 2 N–H and O–H groups in total. The SMILES string of the molecule is CCOC(=O)C[C@@](CCc1ccncc1)(NC(=O)CN1CCCCC1=O)NS(=O)(=O)CC. The van der Waals surface area contributed by atoms with Crippen LogP contribution in [0.1, 0.15) is 51.5 Å². The fourth-order valence-corrected chi connectivity index (χ4v) is 4.52. The van der Waals surface area contributed by atoms with Gasteiger partial charge in [0.25, 0.3) is 0 Å². The summed E-state index contributed by atoms with van der Waals surface area (Å²) in [4.78, 5) is 42.8. The highest BCUT2D eigenvalue weighted by molar-refractivity contribution is 7.89. The lowest BCUT2D eigenvalue weighted by Gasteiger charge is -2.36. The molecule has 0 aromatic carbocycles. The Morgan fingerprint density at radius 2 is 1.94 bits per heavy atom. The summed E-state index contributed by atoms with van der Waals surface area (Å²) in [5.41, 5.74) is -0.732. The molecule has 1 atom stereocenters. The van der Waals surface area contributed by atoms with E-state index in [0.717, 1.165) is 18.4 Å². The van der Waals surface area contributed by atoms with E-state index < -0.39 is 27.6 Å². The Kier molecular flexibility index (Phi) is 9.58. The number of amides is 2. The standard InChI is InChI=1S/C21H32N4O6S/c1-3-31-20(28)15-21(24-32(29,30)4-2,11-8-17-9-12-22-13-10-17)23-18(26)16-25-14-6-5-7-19(25)27/h9-10,12-13,24H,3-8,11,14-16H2,1-2H3,(H,23,26)/t21-/m0/s1. The van der Waals surface area contributed by atoms with Gasteiger partial charge in [0.2, 0.25) is 21.8 Å². The Morgan fingerprint density at radius 1 is 1.22 bits per heavy atom. The maximum atomic E-state index is 12.9. The summed E-state index contributed by atoms with van der Waals surface area (Å²) < 4.78 is 32.6. The first-order valence-electron chi connectivity index (χ1n) is 10.8. The molecule has 1 aromatic rings. The van der Waals surface area contributed by atoms with Crippen LogP contribution in [0.3, 0.4) is 0 Å². The molecule has 0 bridgehead atoms. The molecule has 1 aliphatic heterocycles. The number of esters is 1. The van der Waals surface area contributed by atoms with Gasteiger partial charge >= 0.3 is 5.97 Å². The number of sulfonamides is 1. The van der Waals surface area contributed by atoms with E-state index >= 15 is 0 Å². The van der Waals surface area contributed by atoms with E-state index in [2.05, 4.69) is 15.0 Å². The van der Waals surface area contributed by atoms with Gasteiger partial charge in [-0.15, -0.1) is 0 Å². The van der Waals surface area contributed by atoms with Crippen LogP contribution in [0.2, 0.25) is 0 Å². The van der Waals surface area contributed by atoms with Crippen LogP contribution >= 0.6 is 0 Å². The largest absolute Gasteiger partial charge is 0.466 e. The third kappa shape index (κ3) is 8.19. The Labute approximate surface area is 189 Å². The van der Waals surface area contributed by atoms with Crippen LogP contribution in [0.25, 0.3) is 0 Å². The summed E-state index contributed by atoms with van der Waals surface area (Å²) in [5, 5.41) is 2.71. The number of nitrogens with one attached hydrogen (secondary N) is 2. The molecule has 2 rings (SSSR count). The average Bonchev–Trinajstić information content (AvgIpc) is 2.74. The van der Waals surface area contributed by atoms with Crippen LogP contribution in [-0.2, 0) is 35.6 Å². The summed E-state index contributed by atoms with van der Waals surface area (Å²) in [6, 6.07) is 3.55. The third-order valence-corrected chi connectivity index (χ3v) is 6.67. The van der Waals surface area contributed by atoms with Crippen LogP contribution in [0, 0.1) is 0 Å². The summed E-state index contributed by atoms with van der Waals surface area (Å²) >= 11 is 0. The molecule has 1 aliphatic rings. The third-order valence-electron chi connectivity index (χ3n) is 5.21. The van der Waals surface area contributed by atoms with Gasteiger partial charge in [0, 0.05) is 25.4 Å². The minimum Gasteiger partial charge on any atom is -0.466 e. The van der Waals surface area contributed by atoms with Gasteiger partial charge in [0.1, 0.15) is 5.66 Å². The van der Waals surface area contributed by atoms with E-state index in [1.165, 1.54) is 11.8 Å². The molecule has 0 saturated carbocycles. The summed E-state index contributed by atoms with van der Waals surface area (Å²) in [6.07, 6.45) is 5.28. The van der Waals surface area contributed by atoms with Crippen molar-refractivity contribution >= 4 is 27.8 Å². The molecule has 1 saturated heterocycles. The van der Waals surface area contributed by atoms with E-state index in [1.807, 2.05) is 0 Å². The number of pyridine rings is 1. The van der Waals surface area contributed by atoms with E-state index in [4.69, 9.17) is 4.74 Å². The molecule has 0 unspecified atom stereocenters. The zero-order valence-corrected chi connectivity index (χ0v) is 19.4. The van der Waals surface area contributed by atoms with E-state index in [-0.39, 0.29) is 37.7 Å². The first-order chi connectivity index (χ1) is 15.2. The predicted molar refractivity (Wildman–Crippen MR) is 118 cm³/mol. The second kappa shape index (κ2) is 11.9. The highest BCUT2D eigenvalue weighted by atomic mass is 32.2. The number of ether oxygens (including phenoxy) is 1. The number of aryl methyl sites for hydroxylation is 1. The fourth-order valence-electron chi connectivity index (χ4n) is 3.55. The van der Waals surface area contributed by atoms with Crippen LogP contribution in [0.5, 0.6) is 0 Å². The number of likely N-dealkylation sites (tertiary alicyclic amines) is 1. The van der Waals surface area contributed by atoms with Gasteiger partial charge in [0.15, 0.2) is 0 Å². The molecular formula is C21H32N4O6S. The zero-order valence-electron chi connectivity index (χ0n) is 18.6. The van der Waals surface area contributed by atoms with Crippen molar-refractivity contribution in [2.75, 3.05) is 25.4 Å². The van der Waals surface area contributed by atoms with Crippen LogP contribution < -0.4 is 10.0 Å². The first-order valence-corrected chi connectivity index (χ1v) is 12.5. The zero-order chi connectivity index (χ0) is 23.6. The maximum absolute atomic E-state index is 12.9. The van der Waals surface area contributed by atoms with Crippen LogP contribution in [0.4, 0.5) is 0 Å². The molecule has 0 aliphatic carbocycles. The predicted octanol–water partition coefficient (Wildman–Crippen LogP) is 0.732.